The van der Waals surface area contributed by atoms with E-state index in [2.05, 4.69) is 19.2 Å². The normalized spacial score (nSPS) is 42.0. The Kier molecular flexibility index (Phi) is 1.33. The maximum absolute atomic E-state index is 3.88. The van der Waals surface area contributed by atoms with Gasteiger partial charge < -0.3 is 5.32 Å². The standard InChI is InChI=1S/C6H12N/c1-5-3-4-6(2)7-5/h5-7H,1,3-4H2,2H3. The van der Waals surface area contributed by atoms with Crippen LogP contribution < -0.4 is 5.32 Å². The first kappa shape index (κ1) is 5.10. The van der Waals surface area contributed by atoms with Crippen molar-refractivity contribution in [2.45, 2.75) is 31.8 Å². The Morgan fingerprint density at radius 3 is 2.43 bits per heavy atom. The summed E-state index contributed by atoms with van der Waals surface area (Å²) in [5.41, 5.74) is 0. The average Bonchev–Trinajstić information content (AvgIpc) is 1.87. The van der Waals surface area contributed by atoms with Gasteiger partial charge in [0.05, 0.1) is 0 Å². The van der Waals surface area contributed by atoms with Gasteiger partial charge in [-0.15, -0.1) is 0 Å². The van der Waals surface area contributed by atoms with E-state index in [1.807, 2.05) is 0 Å². The van der Waals surface area contributed by atoms with Crippen LogP contribution in [0.3, 0.4) is 0 Å². The van der Waals surface area contributed by atoms with Crippen molar-refractivity contribution in [3.05, 3.63) is 6.92 Å². The van der Waals surface area contributed by atoms with Gasteiger partial charge in [0.15, 0.2) is 0 Å². The summed E-state index contributed by atoms with van der Waals surface area (Å²) >= 11 is 0. The van der Waals surface area contributed by atoms with E-state index in [0.717, 1.165) is 0 Å². The molecular weight excluding hydrogens is 86.1 g/mol. The largest absolute Gasteiger partial charge is 0.312 e. The molecule has 0 aromatic rings. The molecule has 1 saturated heterocycles. The van der Waals surface area contributed by atoms with Crippen molar-refractivity contribution in [3.63, 3.8) is 0 Å². The Morgan fingerprint density at radius 2 is 2.29 bits per heavy atom. The lowest BCUT2D eigenvalue weighted by Gasteiger charge is -2.01. The fourth-order valence-electron chi connectivity index (χ4n) is 1.02. The minimum Gasteiger partial charge on any atom is -0.312 e. The Hall–Kier alpha value is -0.0400. The van der Waals surface area contributed by atoms with Gasteiger partial charge in [0, 0.05) is 12.1 Å². The number of rotatable bonds is 0. The maximum Gasteiger partial charge on any atom is 0.00706 e. The van der Waals surface area contributed by atoms with Gasteiger partial charge in [-0.1, -0.05) is 0 Å². The molecule has 2 atom stereocenters. The second-order valence-electron chi connectivity index (χ2n) is 2.34. The first-order chi connectivity index (χ1) is 3.29. The Balaban J connectivity index is 2.26. The molecule has 1 heteroatoms. The molecule has 1 aliphatic rings. The zero-order valence-electron chi connectivity index (χ0n) is 4.78. The van der Waals surface area contributed by atoms with Crippen molar-refractivity contribution in [2.24, 2.45) is 0 Å². The summed E-state index contributed by atoms with van der Waals surface area (Å²) in [6.45, 7) is 6.08. The molecule has 0 aromatic heterocycles. The smallest absolute Gasteiger partial charge is 0.00706 e. The molecule has 41 valence electrons. The Bertz CT molecular complexity index is 53.2. The average molecular weight is 98.2 g/mol. The molecule has 7 heavy (non-hydrogen) atoms. The highest BCUT2D eigenvalue weighted by molar-refractivity contribution is 4.81. The van der Waals surface area contributed by atoms with E-state index < -0.39 is 0 Å². The van der Waals surface area contributed by atoms with Gasteiger partial charge in [0.2, 0.25) is 0 Å². The molecule has 0 bridgehead atoms. The summed E-state index contributed by atoms with van der Waals surface area (Å²) in [5, 5.41) is 3.31. The number of hydrogen-bond donors (Lipinski definition) is 1. The fraction of sp³-hybridized carbons (Fsp3) is 0.833. The maximum atomic E-state index is 3.88. The fourth-order valence-corrected chi connectivity index (χ4v) is 1.02. The van der Waals surface area contributed by atoms with E-state index >= 15 is 0 Å². The molecule has 1 fully saturated rings. The highest BCUT2D eigenvalue weighted by atomic mass is 15.0. The molecule has 2 unspecified atom stereocenters. The minimum absolute atomic E-state index is 0.523. The zero-order chi connectivity index (χ0) is 5.28. The summed E-state index contributed by atoms with van der Waals surface area (Å²) in [4.78, 5) is 0. The van der Waals surface area contributed by atoms with Crippen LogP contribution >= 0.6 is 0 Å². The predicted octanol–water partition coefficient (Wildman–Crippen LogP) is 0.961. The summed E-state index contributed by atoms with van der Waals surface area (Å²) in [5.74, 6) is 0. The van der Waals surface area contributed by atoms with E-state index in [1.165, 1.54) is 12.8 Å². The molecule has 0 saturated carbocycles. The van der Waals surface area contributed by atoms with Crippen LogP contribution in [0.25, 0.3) is 0 Å². The highest BCUT2D eigenvalue weighted by Crippen LogP contribution is 2.09. The summed E-state index contributed by atoms with van der Waals surface area (Å²) in [6, 6.07) is 1.23. The second kappa shape index (κ2) is 1.83. The van der Waals surface area contributed by atoms with Gasteiger partial charge in [-0.3, -0.25) is 0 Å². The van der Waals surface area contributed by atoms with Gasteiger partial charge in [0.25, 0.3) is 0 Å². The third-order valence-electron chi connectivity index (χ3n) is 1.47. The molecule has 1 radical (unpaired) electrons. The lowest BCUT2D eigenvalue weighted by molar-refractivity contribution is 0.625. The molecule has 1 heterocycles. The molecule has 1 N–H and O–H groups in total. The monoisotopic (exact) mass is 98.1 g/mol. The topological polar surface area (TPSA) is 12.0 Å². The van der Waals surface area contributed by atoms with Gasteiger partial charge in [-0.25, -0.2) is 0 Å². The Morgan fingerprint density at radius 1 is 1.57 bits per heavy atom. The summed E-state index contributed by atoms with van der Waals surface area (Å²) in [6.07, 6.45) is 2.55. The molecule has 0 aromatic carbocycles. The van der Waals surface area contributed by atoms with Crippen LogP contribution in [-0.4, -0.2) is 12.1 Å². The van der Waals surface area contributed by atoms with Crippen molar-refractivity contribution in [1.29, 1.82) is 0 Å². The number of nitrogens with one attached hydrogen (secondary N) is 1. The van der Waals surface area contributed by atoms with E-state index in [9.17, 15) is 0 Å². The van der Waals surface area contributed by atoms with E-state index in [1.54, 1.807) is 0 Å². The molecule has 1 aliphatic heterocycles. The van der Waals surface area contributed by atoms with Crippen molar-refractivity contribution in [2.75, 3.05) is 0 Å². The van der Waals surface area contributed by atoms with E-state index in [4.69, 9.17) is 0 Å². The van der Waals surface area contributed by atoms with Gasteiger partial charge >= 0.3 is 0 Å². The molecule has 0 amide bonds. The third kappa shape index (κ3) is 1.16. The van der Waals surface area contributed by atoms with Crippen molar-refractivity contribution in [1.82, 2.24) is 5.32 Å². The Labute approximate surface area is 45.1 Å². The quantitative estimate of drug-likeness (QED) is 0.476. The first-order valence-corrected chi connectivity index (χ1v) is 2.88. The van der Waals surface area contributed by atoms with Crippen molar-refractivity contribution in [3.8, 4) is 0 Å². The van der Waals surface area contributed by atoms with Gasteiger partial charge in [0.1, 0.15) is 0 Å². The van der Waals surface area contributed by atoms with Crippen LogP contribution in [0.5, 0.6) is 0 Å². The third-order valence-corrected chi connectivity index (χ3v) is 1.47. The lowest BCUT2D eigenvalue weighted by Crippen LogP contribution is -2.24. The second-order valence-corrected chi connectivity index (χ2v) is 2.34. The molecule has 1 nitrogen and oxygen atoms in total. The molecular formula is C6H12N. The minimum atomic E-state index is 0.523. The van der Waals surface area contributed by atoms with E-state index in [0.29, 0.717) is 12.1 Å². The van der Waals surface area contributed by atoms with Crippen LogP contribution in [-0.2, 0) is 0 Å². The van der Waals surface area contributed by atoms with Crippen LogP contribution in [0.2, 0.25) is 0 Å². The predicted molar refractivity (Wildman–Crippen MR) is 31.0 cm³/mol. The first-order valence-electron chi connectivity index (χ1n) is 2.88. The van der Waals surface area contributed by atoms with Crippen LogP contribution in [0.4, 0.5) is 0 Å². The summed E-state index contributed by atoms with van der Waals surface area (Å²) in [7, 11) is 0. The zero-order valence-corrected chi connectivity index (χ0v) is 4.78. The van der Waals surface area contributed by atoms with Gasteiger partial charge in [-0.2, -0.15) is 0 Å². The van der Waals surface area contributed by atoms with Crippen LogP contribution in [0, 0.1) is 6.92 Å². The lowest BCUT2D eigenvalue weighted by atomic mass is 10.2. The van der Waals surface area contributed by atoms with Crippen molar-refractivity contribution >= 4 is 0 Å². The molecule has 0 spiro atoms. The molecule has 1 rings (SSSR count). The molecule has 0 aliphatic carbocycles. The summed E-state index contributed by atoms with van der Waals surface area (Å²) < 4.78 is 0. The van der Waals surface area contributed by atoms with Crippen LogP contribution in [0.15, 0.2) is 0 Å². The SMILES string of the molecule is [CH2]C1CCC(C)N1. The van der Waals surface area contributed by atoms with Gasteiger partial charge in [-0.05, 0) is 26.7 Å². The van der Waals surface area contributed by atoms with E-state index in [-0.39, 0.29) is 0 Å². The highest BCUT2D eigenvalue weighted by Gasteiger charge is 2.14. The number of hydrogen-bond acceptors (Lipinski definition) is 1. The van der Waals surface area contributed by atoms with Crippen molar-refractivity contribution < 1.29 is 0 Å². The van der Waals surface area contributed by atoms with Crippen LogP contribution in [0.1, 0.15) is 19.8 Å².